The summed E-state index contributed by atoms with van der Waals surface area (Å²) in [4.78, 5) is 10.3. The molecule has 0 atom stereocenters. The van der Waals surface area contributed by atoms with E-state index in [9.17, 15) is 4.79 Å². The van der Waals surface area contributed by atoms with Crippen molar-refractivity contribution in [1.82, 2.24) is 4.40 Å². The van der Waals surface area contributed by atoms with E-state index < -0.39 is 0 Å². The zero-order valence-corrected chi connectivity index (χ0v) is 3.59. The van der Waals surface area contributed by atoms with Gasteiger partial charge in [-0.1, -0.05) is 0 Å². The molecule has 0 aliphatic heterocycles. The Morgan fingerprint density at radius 3 is 2.71 bits per heavy atom. The SMILES string of the molecule is O=c1c2cccn12. The quantitative estimate of drug-likeness (QED) is 0.455. The molecule has 0 saturated carbocycles. The van der Waals surface area contributed by atoms with Crippen LogP contribution in [0, 0.1) is 0 Å². The fourth-order valence-electron chi connectivity index (χ4n) is 0.694. The van der Waals surface area contributed by atoms with Gasteiger partial charge in [0.05, 0.1) is 0 Å². The summed E-state index contributed by atoms with van der Waals surface area (Å²) in [7, 11) is 0. The van der Waals surface area contributed by atoms with E-state index in [1.165, 1.54) is 0 Å². The molecule has 0 saturated heterocycles. The maximum Gasteiger partial charge on any atom is 0.279 e. The Morgan fingerprint density at radius 1 is 1.57 bits per heavy atom. The summed E-state index contributed by atoms with van der Waals surface area (Å²) in [5, 5.41) is 0. The lowest BCUT2D eigenvalue weighted by molar-refractivity contribution is 1.32. The first kappa shape index (κ1) is 3.02. The Morgan fingerprint density at radius 2 is 2.43 bits per heavy atom. The third-order valence-corrected chi connectivity index (χ3v) is 1.14. The van der Waals surface area contributed by atoms with E-state index in [0.717, 1.165) is 5.52 Å². The first-order chi connectivity index (χ1) is 3.39. The molecule has 2 nitrogen and oxygen atoms in total. The van der Waals surface area contributed by atoms with Crippen molar-refractivity contribution < 1.29 is 0 Å². The minimum absolute atomic E-state index is 0.155. The van der Waals surface area contributed by atoms with Crippen LogP contribution in [-0.2, 0) is 0 Å². The Labute approximate surface area is 39.7 Å². The van der Waals surface area contributed by atoms with Crippen LogP contribution in [0.25, 0.3) is 5.52 Å². The minimum Gasteiger partial charge on any atom is -0.277 e. The molecule has 7 heavy (non-hydrogen) atoms. The van der Waals surface area contributed by atoms with Crippen molar-refractivity contribution in [3.8, 4) is 0 Å². The molecule has 2 aromatic heterocycles. The average Bonchev–Trinajstić information content (AvgIpc) is 2.26. The molecule has 0 amide bonds. The smallest absolute Gasteiger partial charge is 0.277 e. The van der Waals surface area contributed by atoms with E-state index in [0.29, 0.717) is 0 Å². The highest BCUT2D eigenvalue weighted by atomic mass is 16.1. The van der Waals surface area contributed by atoms with Crippen LogP contribution >= 0.6 is 0 Å². The molecule has 0 radical (unpaired) electrons. The van der Waals surface area contributed by atoms with Crippen molar-refractivity contribution in [2.24, 2.45) is 0 Å². The zero-order valence-electron chi connectivity index (χ0n) is 3.59. The van der Waals surface area contributed by atoms with Crippen molar-refractivity contribution in [3.63, 3.8) is 0 Å². The third kappa shape index (κ3) is 0.193. The van der Waals surface area contributed by atoms with Crippen LogP contribution in [0.1, 0.15) is 0 Å². The number of hydrogen-bond donors (Lipinski definition) is 0. The molecule has 0 fully saturated rings. The van der Waals surface area contributed by atoms with E-state index in [-0.39, 0.29) is 5.56 Å². The predicted octanol–water partition coefficient (Wildman–Crippen LogP) is 0.175. The summed E-state index contributed by atoms with van der Waals surface area (Å²) in [5.41, 5.74) is 0.988. The molecular formula is C5H3NO. The molecule has 2 heteroatoms. The Bertz CT molecular complexity index is 271. The largest absolute Gasteiger partial charge is 0.279 e. The third-order valence-electron chi connectivity index (χ3n) is 1.14. The molecule has 0 bridgehead atoms. The normalized spacial score (nSPS) is 11.4. The topological polar surface area (TPSA) is 21.5 Å². The van der Waals surface area contributed by atoms with Crippen LogP contribution in [0.2, 0.25) is 0 Å². The molecule has 0 unspecified atom stereocenters. The van der Waals surface area contributed by atoms with Gasteiger partial charge in [-0.25, -0.2) is 0 Å². The molecule has 0 aromatic carbocycles. The molecule has 0 N–H and O–H groups in total. The first-order valence-corrected chi connectivity index (χ1v) is 2.11. The number of hydrogen-bond acceptors (Lipinski definition) is 1. The Hall–Kier alpha value is -1.05. The van der Waals surface area contributed by atoms with Gasteiger partial charge in [-0.05, 0) is 12.1 Å². The van der Waals surface area contributed by atoms with Crippen molar-refractivity contribution in [1.29, 1.82) is 0 Å². The van der Waals surface area contributed by atoms with E-state index in [2.05, 4.69) is 0 Å². The number of pyridine rings is 1. The van der Waals surface area contributed by atoms with Gasteiger partial charge in [0, 0.05) is 6.20 Å². The second-order valence-corrected chi connectivity index (χ2v) is 1.57. The van der Waals surface area contributed by atoms with Gasteiger partial charge >= 0.3 is 0 Å². The van der Waals surface area contributed by atoms with Crippen molar-refractivity contribution in [3.05, 3.63) is 28.7 Å². The molecule has 2 heterocycles. The van der Waals surface area contributed by atoms with Crippen molar-refractivity contribution >= 4 is 5.52 Å². The maximum absolute atomic E-state index is 10.3. The number of nitrogens with zero attached hydrogens (tertiary/aromatic N) is 1. The average molecular weight is 93.1 g/mol. The Kier molecular flexibility index (Phi) is 0.278. The summed E-state index contributed by atoms with van der Waals surface area (Å²) < 4.78 is 1.61. The summed E-state index contributed by atoms with van der Waals surface area (Å²) >= 11 is 0. The van der Waals surface area contributed by atoms with Gasteiger partial charge in [0.25, 0.3) is 5.56 Å². The molecular weight excluding hydrogens is 90.1 g/mol. The molecule has 34 valence electrons. The van der Waals surface area contributed by atoms with E-state index >= 15 is 0 Å². The van der Waals surface area contributed by atoms with Gasteiger partial charge in [0.2, 0.25) is 0 Å². The Balaban J connectivity index is 3.18. The highest BCUT2D eigenvalue weighted by Crippen LogP contribution is 1.98. The molecule has 0 aliphatic rings. The van der Waals surface area contributed by atoms with Crippen LogP contribution in [0.3, 0.4) is 0 Å². The van der Waals surface area contributed by atoms with Crippen LogP contribution in [0.4, 0.5) is 0 Å². The molecule has 0 aliphatic carbocycles. The van der Waals surface area contributed by atoms with E-state index in [1.54, 1.807) is 10.6 Å². The van der Waals surface area contributed by atoms with Crippen molar-refractivity contribution in [2.45, 2.75) is 0 Å². The van der Waals surface area contributed by atoms with Gasteiger partial charge < -0.3 is 0 Å². The lowest BCUT2D eigenvalue weighted by Crippen LogP contribution is -1.78. The second-order valence-electron chi connectivity index (χ2n) is 1.57. The van der Waals surface area contributed by atoms with E-state index in [1.807, 2.05) is 12.1 Å². The zero-order chi connectivity index (χ0) is 4.85. The predicted molar refractivity (Wildman–Crippen MR) is 26.0 cm³/mol. The lowest BCUT2D eigenvalue weighted by atomic mass is 10.6. The van der Waals surface area contributed by atoms with Crippen LogP contribution < -0.4 is 5.56 Å². The standard InChI is InChI=1S/C5H3NO/c7-5-4-2-1-3-6(4)5/h1-3H. The van der Waals surface area contributed by atoms with Crippen molar-refractivity contribution in [2.75, 3.05) is 0 Å². The highest BCUT2D eigenvalue weighted by Gasteiger charge is 2.07. The maximum atomic E-state index is 10.3. The van der Waals surface area contributed by atoms with Gasteiger partial charge in [-0.2, -0.15) is 0 Å². The molecule has 2 aromatic rings. The fraction of sp³-hybridized carbons (Fsp3) is 0. The van der Waals surface area contributed by atoms with Crippen LogP contribution in [0.15, 0.2) is 23.1 Å². The highest BCUT2D eigenvalue weighted by molar-refractivity contribution is 5.54. The fourth-order valence-corrected chi connectivity index (χ4v) is 0.694. The second kappa shape index (κ2) is 0.644. The first-order valence-electron chi connectivity index (χ1n) is 2.11. The number of fused-ring (bicyclic) bond motifs is 1. The summed E-state index contributed by atoms with van der Waals surface area (Å²) in [5.74, 6) is 0. The van der Waals surface area contributed by atoms with E-state index in [4.69, 9.17) is 0 Å². The van der Waals surface area contributed by atoms with Crippen LogP contribution in [-0.4, -0.2) is 4.40 Å². The summed E-state index contributed by atoms with van der Waals surface area (Å²) in [6.07, 6.45) is 1.76. The summed E-state index contributed by atoms with van der Waals surface area (Å²) in [6.45, 7) is 0. The molecule has 0 spiro atoms. The monoisotopic (exact) mass is 93.0 g/mol. The minimum atomic E-state index is 0.155. The number of rotatable bonds is 0. The van der Waals surface area contributed by atoms with Gasteiger partial charge in [0.1, 0.15) is 5.52 Å². The van der Waals surface area contributed by atoms with Gasteiger partial charge in [-0.15, -0.1) is 0 Å². The van der Waals surface area contributed by atoms with Crippen LogP contribution in [0.5, 0.6) is 0 Å². The van der Waals surface area contributed by atoms with Gasteiger partial charge in [-0.3, -0.25) is 9.20 Å². The number of aromatic nitrogens is 1. The summed E-state index contributed by atoms with van der Waals surface area (Å²) in [6, 6.07) is 3.67. The van der Waals surface area contributed by atoms with Gasteiger partial charge in [0.15, 0.2) is 0 Å². The lowest BCUT2D eigenvalue weighted by Gasteiger charge is -1.51. The molecule has 2 rings (SSSR count).